The third-order valence-corrected chi connectivity index (χ3v) is 1.85. The number of nitrogens with zero attached hydrogens (tertiary/aromatic N) is 5. The zero-order chi connectivity index (χ0) is 10.1. The Labute approximate surface area is 80.8 Å². The highest BCUT2D eigenvalue weighted by atomic mass is 15.4. The summed E-state index contributed by atoms with van der Waals surface area (Å²) in [4.78, 5) is 8.09. The molecule has 0 radical (unpaired) electrons. The Hall–Kier alpha value is -1.98. The van der Waals surface area contributed by atoms with Crippen LogP contribution in [0.4, 0.5) is 5.95 Å². The Morgan fingerprint density at radius 2 is 2.14 bits per heavy atom. The SMILES string of the molecule is Cc1cc(-c2cnnn2C)nc(N)n1. The van der Waals surface area contributed by atoms with E-state index in [1.165, 1.54) is 0 Å². The van der Waals surface area contributed by atoms with E-state index in [0.717, 1.165) is 17.1 Å². The van der Waals surface area contributed by atoms with Gasteiger partial charge in [0.15, 0.2) is 0 Å². The molecule has 0 aliphatic carbocycles. The van der Waals surface area contributed by atoms with Gasteiger partial charge in [0.05, 0.1) is 11.9 Å². The van der Waals surface area contributed by atoms with Gasteiger partial charge in [0, 0.05) is 12.7 Å². The van der Waals surface area contributed by atoms with Crippen LogP contribution in [0.2, 0.25) is 0 Å². The van der Waals surface area contributed by atoms with Crippen LogP contribution in [0.15, 0.2) is 12.3 Å². The van der Waals surface area contributed by atoms with Crippen LogP contribution in [0.5, 0.6) is 0 Å². The molecule has 0 unspecified atom stereocenters. The summed E-state index contributed by atoms with van der Waals surface area (Å²) in [5, 5.41) is 7.59. The Bertz CT molecular complexity index is 440. The highest BCUT2D eigenvalue weighted by Gasteiger charge is 2.06. The zero-order valence-electron chi connectivity index (χ0n) is 7.97. The minimum absolute atomic E-state index is 0.265. The number of nitrogen functional groups attached to an aromatic ring is 1. The molecule has 0 aromatic carbocycles. The molecule has 14 heavy (non-hydrogen) atoms. The van der Waals surface area contributed by atoms with Crippen LogP contribution in [0.25, 0.3) is 11.4 Å². The van der Waals surface area contributed by atoms with Gasteiger partial charge in [-0.2, -0.15) is 0 Å². The van der Waals surface area contributed by atoms with Crippen LogP contribution in [0.1, 0.15) is 5.69 Å². The van der Waals surface area contributed by atoms with Gasteiger partial charge in [0.25, 0.3) is 0 Å². The van der Waals surface area contributed by atoms with Crippen LogP contribution >= 0.6 is 0 Å². The maximum atomic E-state index is 5.54. The van der Waals surface area contributed by atoms with E-state index in [4.69, 9.17) is 5.73 Å². The second-order valence-electron chi connectivity index (χ2n) is 3.00. The monoisotopic (exact) mass is 190 g/mol. The van der Waals surface area contributed by atoms with Gasteiger partial charge >= 0.3 is 0 Å². The molecule has 0 fully saturated rings. The quantitative estimate of drug-likeness (QED) is 0.692. The van der Waals surface area contributed by atoms with Crippen LogP contribution < -0.4 is 5.73 Å². The van der Waals surface area contributed by atoms with Crippen molar-refractivity contribution in [2.45, 2.75) is 6.92 Å². The smallest absolute Gasteiger partial charge is 0.220 e. The lowest BCUT2D eigenvalue weighted by atomic mass is 10.3. The molecule has 0 bridgehead atoms. The molecule has 6 nitrogen and oxygen atoms in total. The molecule has 2 rings (SSSR count). The molecule has 72 valence electrons. The van der Waals surface area contributed by atoms with Crippen LogP contribution in [0, 0.1) is 6.92 Å². The largest absolute Gasteiger partial charge is 0.368 e. The Balaban J connectivity index is 2.57. The van der Waals surface area contributed by atoms with Crippen molar-refractivity contribution in [2.75, 3.05) is 5.73 Å². The summed E-state index contributed by atoms with van der Waals surface area (Å²) in [7, 11) is 1.80. The zero-order valence-corrected chi connectivity index (χ0v) is 7.97. The molecule has 2 N–H and O–H groups in total. The minimum atomic E-state index is 0.265. The normalized spacial score (nSPS) is 10.4. The van der Waals surface area contributed by atoms with E-state index in [9.17, 15) is 0 Å². The van der Waals surface area contributed by atoms with E-state index in [1.807, 2.05) is 13.0 Å². The number of aromatic nitrogens is 5. The first-order valence-corrected chi connectivity index (χ1v) is 4.13. The van der Waals surface area contributed by atoms with E-state index in [0.29, 0.717) is 0 Å². The fraction of sp³-hybridized carbons (Fsp3) is 0.250. The molecule has 6 heteroatoms. The van der Waals surface area contributed by atoms with Crippen molar-refractivity contribution in [1.82, 2.24) is 25.0 Å². The highest BCUT2D eigenvalue weighted by Crippen LogP contribution is 2.15. The summed E-state index contributed by atoms with van der Waals surface area (Å²) >= 11 is 0. The lowest BCUT2D eigenvalue weighted by molar-refractivity contribution is 0.719. The molecule has 0 spiro atoms. The third kappa shape index (κ3) is 1.41. The molecule has 2 aromatic heterocycles. The van der Waals surface area contributed by atoms with Gasteiger partial charge in [0.2, 0.25) is 5.95 Å². The van der Waals surface area contributed by atoms with Gasteiger partial charge in [-0.15, -0.1) is 5.10 Å². The predicted molar refractivity (Wildman–Crippen MR) is 51.2 cm³/mol. The van der Waals surface area contributed by atoms with E-state index >= 15 is 0 Å². The van der Waals surface area contributed by atoms with Crippen molar-refractivity contribution in [2.24, 2.45) is 7.05 Å². The topological polar surface area (TPSA) is 82.5 Å². The fourth-order valence-electron chi connectivity index (χ4n) is 1.24. The molecule has 2 heterocycles. The first-order valence-electron chi connectivity index (χ1n) is 4.13. The van der Waals surface area contributed by atoms with Crippen molar-refractivity contribution in [3.8, 4) is 11.4 Å². The summed E-state index contributed by atoms with van der Waals surface area (Å²) in [5.41, 5.74) is 7.93. The Kier molecular flexibility index (Phi) is 1.88. The van der Waals surface area contributed by atoms with E-state index in [1.54, 1.807) is 17.9 Å². The molecule has 0 atom stereocenters. The van der Waals surface area contributed by atoms with Crippen LogP contribution in [-0.2, 0) is 7.05 Å². The van der Waals surface area contributed by atoms with Crippen molar-refractivity contribution in [3.63, 3.8) is 0 Å². The molecule has 0 aliphatic heterocycles. The van der Waals surface area contributed by atoms with Gasteiger partial charge < -0.3 is 5.73 Å². The number of aryl methyl sites for hydroxylation is 2. The molecule has 0 amide bonds. The first-order chi connectivity index (χ1) is 6.66. The lowest BCUT2D eigenvalue weighted by Gasteiger charge is -2.01. The maximum Gasteiger partial charge on any atom is 0.220 e. The minimum Gasteiger partial charge on any atom is -0.368 e. The van der Waals surface area contributed by atoms with Gasteiger partial charge in [-0.05, 0) is 13.0 Å². The Morgan fingerprint density at radius 3 is 2.71 bits per heavy atom. The predicted octanol–water partition coefficient (Wildman–Crippen LogP) is 0.163. The summed E-state index contributed by atoms with van der Waals surface area (Å²) in [5.74, 6) is 0.265. The average Bonchev–Trinajstić information content (AvgIpc) is 2.49. The van der Waals surface area contributed by atoms with Crippen molar-refractivity contribution < 1.29 is 0 Å². The van der Waals surface area contributed by atoms with Crippen molar-refractivity contribution in [1.29, 1.82) is 0 Å². The number of rotatable bonds is 1. The van der Waals surface area contributed by atoms with Gasteiger partial charge in [0.1, 0.15) is 5.69 Å². The summed E-state index contributed by atoms with van der Waals surface area (Å²) in [6.45, 7) is 1.87. The van der Waals surface area contributed by atoms with Crippen molar-refractivity contribution in [3.05, 3.63) is 18.0 Å². The average molecular weight is 190 g/mol. The van der Waals surface area contributed by atoms with E-state index < -0.39 is 0 Å². The van der Waals surface area contributed by atoms with Gasteiger partial charge in [-0.1, -0.05) is 5.21 Å². The van der Waals surface area contributed by atoms with Crippen LogP contribution in [0.3, 0.4) is 0 Å². The number of hydrogen-bond acceptors (Lipinski definition) is 5. The summed E-state index contributed by atoms with van der Waals surface area (Å²) in [6, 6.07) is 1.84. The van der Waals surface area contributed by atoms with Crippen molar-refractivity contribution >= 4 is 5.95 Å². The second-order valence-corrected chi connectivity index (χ2v) is 3.00. The molecule has 2 aromatic rings. The standard InChI is InChI=1S/C8H10N6/c1-5-3-6(12-8(9)11-5)7-4-10-13-14(7)2/h3-4H,1-2H3,(H2,9,11,12). The fourth-order valence-corrected chi connectivity index (χ4v) is 1.24. The third-order valence-electron chi connectivity index (χ3n) is 1.85. The number of hydrogen-bond donors (Lipinski definition) is 1. The molecular formula is C8H10N6. The molecule has 0 saturated carbocycles. The number of anilines is 1. The first kappa shape index (κ1) is 8.61. The van der Waals surface area contributed by atoms with Gasteiger partial charge in [-0.3, -0.25) is 0 Å². The molecular weight excluding hydrogens is 180 g/mol. The molecule has 0 aliphatic rings. The second kappa shape index (κ2) is 3.06. The van der Waals surface area contributed by atoms with Crippen LogP contribution in [-0.4, -0.2) is 25.0 Å². The summed E-state index contributed by atoms with van der Waals surface area (Å²) < 4.78 is 1.64. The summed E-state index contributed by atoms with van der Waals surface area (Å²) in [6.07, 6.45) is 1.64. The van der Waals surface area contributed by atoms with E-state index in [-0.39, 0.29) is 5.95 Å². The van der Waals surface area contributed by atoms with Gasteiger partial charge in [-0.25, -0.2) is 14.6 Å². The lowest BCUT2D eigenvalue weighted by Crippen LogP contribution is -2.01. The van der Waals surface area contributed by atoms with E-state index in [2.05, 4.69) is 20.3 Å². The maximum absolute atomic E-state index is 5.54. The Morgan fingerprint density at radius 1 is 1.36 bits per heavy atom. The molecule has 0 saturated heterocycles. The highest BCUT2D eigenvalue weighted by molar-refractivity contribution is 5.54. The number of nitrogens with two attached hydrogens (primary N) is 1.